The van der Waals surface area contributed by atoms with Crippen LogP contribution in [0.15, 0.2) is 71.3 Å². The molecule has 3 rings (SSSR count). The van der Waals surface area contributed by atoms with E-state index >= 15 is 0 Å². The Morgan fingerprint density at radius 1 is 1.13 bits per heavy atom. The molecule has 23 heavy (non-hydrogen) atoms. The summed E-state index contributed by atoms with van der Waals surface area (Å²) in [5.74, 6) is 1.19. The van der Waals surface area contributed by atoms with Crippen LogP contribution in [-0.2, 0) is 0 Å². The predicted octanol–water partition coefficient (Wildman–Crippen LogP) is 4.49. The van der Waals surface area contributed by atoms with Crippen molar-refractivity contribution in [2.75, 3.05) is 5.43 Å². The van der Waals surface area contributed by atoms with Gasteiger partial charge in [-0.3, -0.25) is 0 Å². The number of hydrogen-bond donors (Lipinski definition) is 2. The highest BCUT2D eigenvalue weighted by atomic mass is 79.9. The van der Waals surface area contributed by atoms with Gasteiger partial charge in [0, 0.05) is 11.6 Å². The van der Waals surface area contributed by atoms with Gasteiger partial charge in [-0.15, -0.1) is 0 Å². The molecular weight excluding hydrogens is 376 g/mol. The van der Waals surface area contributed by atoms with Crippen molar-refractivity contribution in [3.8, 4) is 11.4 Å². The molecule has 0 spiro atoms. The Hall–Kier alpha value is -1.95. The minimum absolute atomic E-state index is 0.0355. The van der Waals surface area contributed by atoms with Crippen LogP contribution >= 0.6 is 27.5 Å². The second-order valence-corrected chi connectivity index (χ2v) is 5.71. The fourth-order valence-electron chi connectivity index (χ4n) is 2.14. The van der Waals surface area contributed by atoms with Gasteiger partial charge in [0.05, 0.1) is 6.04 Å². The molecular formula is C17H14BrClN4. The van der Waals surface area contributed by atoms with Gasteiger partial charge in [0.25, 0.3) is 0 Å². The molecule has 0 fully saturated rings. The minimum atomic E-state index is 0.0355. The Morgan fingerprint density at radius 3 is 2.74 bits per heavy atom. The first-order valence-corrected chi connectivity index (χ1v) is 8.32. The zero-order valence-electron chi connectivity index (χ0n) is 12.1. The summed E-state index contributed by atoms with van der Waals surface area (Å²) in [6, 6.07) is 11.4. The van der Waals surface area contributed by atoms with Crippen LogP contribution in [0.5, 0.6) is 0 Å². The third-order valence-electron chi connectivity index (χ3n) is 3.27. The van der Waals surface area contributed by atoms with E-state index in [9.17, 15) is 0 Å². The predicted molar refractivity (Wildman–Crippen MR) is 98.3 cm³/mol. The van der Waals surface area contributed by atoms with Crippen molar-refractivity contribution in [2.45, 2.75) is 6.04 Å². The standard InChI is InChI=1S/C17H14BrClN4/c18-11-13-8-4-5-9-14(13)22-23-16-10-15(19)20-17(21-16)12-6-2-1-3-7-12/h1-11,14,22H,(H,20,21,23). The number of halogens is 2. The van der Waals surface area contributed by atoms with Crippen LogP contribution in [0.25, 0.3) is 11.4 Å². The highest BCUT2D eigenvalue weighted by molar-refractivity contribution is 9.11. The van der Waals surface area contributed by atoms with E-state index in [4.69, 9.17) is 11.6 Å². The maximum Gasteiger partial charge on any atom is 0.163 e. The smallest absolute Gasteiger partial charge is 0.163 e. The molecule has 1 aromatic carbocycles. The Labute approximate surface area is 148 Å². The molecule has 1 atom stereocenters. The van der Waals surface area contributed by atoms with Crippen molar-refractivity contribution in [3.63, 3.8) is 0 Å². The molecule has 2 N–H and O–H groups in total. The van der Waals surface area contributed by atoms with Gasteiger partial charge in [0.15, 0.2) is 5.82 Å². The molecule has 0 radical (unpaired) electrons. The number of benzene rings is 1. The van der Waals surface area contributed by atoms with E-state index in [1.165, 1.54) is 0 Å². The average molecular weight is 390 g/mol. The van der Waals surface area contributed by atoms with Crippen LogP contribution in [0.1, 0.15) is 0 Å². The summed E-state index contributed by atoms with van der Waals surface area (Å²) in [5.41, 5.74) is 8.32. The number of anilines is 1. The molecule has 0 bridgehead atoms. The molecule has 1 aromatic heterocycles. The Bertz CT molecular complexity index is 771. The lowest BCUT2D eigenvalue weighted by molar-refractivity contribution is 0.745. The van der Waals surface area contributed by atoms with Gasteiger partial charge in [-0.1, -0.05) is 82.2 Å². The van der Waals surface area contributed by atoms with Crippen LogP contribution in [0.3, 0.4) is 0 Å². The quantitative estimate of drug-likeness (QED) is 0.598. The maximum atomic E-state index is 6.11. The Balaban J connectivity index is 1.77. The maximum absolute atomic E-state index is 6.11. The van der Waals surface area contributed by atoms with Gasteiger partial charge in [0.2, 0.25) is 0 Å². The molecule has 0 saturated carbocycles. The van der Waals surface area contributed by atoms with Crippen molar-refractivity contribution in [1.29, 1.82) is 0 Å². The first-order chi connectivity index (χ1) is 11.3. The second kappa shape index (κ2) is 7.55. The summed E-state index contributed by atoms with van der Waals surface area (Å²) in [7, 11) is 0. The zero-order chi connectivity index (χ0) is 16.1. The van der Waals surface area contributed by atoms with Crippen molar-refractivity contribution in [2.24, 2.45) is 0 Å². The molecule has 116 valence electrons. The molecule has 6 heteroatoms. The molecule has 1 aliphatic rings. The number of hydrogen-bond acceptors (Lipinski definition) is 4. The van der Waals surface area contributed by atoms with E-state index < -0.39 is 0 Å². The number of hydrazine groups is 1. The van der Waals surface area contributed by atoms with E-state index in [-0.39, 0.29) is 6.04 Å². The number of nitrogens with zero attached hydrogens (tertiary/aromatic N) is 2. The third kappa shape index (κ3) is 4.07. The van der Waals surface area contributed by atoms with Crippen molar-refractivity contribution < 1.29 is 0 Å². The topological polar surface area (TPSA) is 49.8 Å². The first kappa shape index (κ1) is 15.9. The van der Waals surface area contributed by atoms with Crippen LogP contribution in [0.4, 0.5) is 5.82 Å². The van der Waals surface area contributed by atoms with Crippen molar-refractivity contribution >= 4 is 33.3 Å². The van der Waals surface area contributed by atoms with Gasteiger partial charge in [0.1, 0.15) is 11.0 Å². The van der Waals surface area contributed by atoms with Gasteiger partial charge < -0.3 is 5.43 Å². The van der Waals surface area contributed by atoms with E-state index in [0.29, 0.717) is 16.8 Å². The van der Waals surface area contributed by atoms with E-state index in [0.717, 1.165) is 11.1 Å². The molecule has 2 aromatic rings. The number of allylic oxidation sites excluding steroid dienone is 2. The van der Waals surface area contributed by atoms with Gasteiger partial charge in [-0.05, 0) is 10.6 Å². The molecule has 1 heterocycles. The summed E-state index contributed by atoms with van der Waals surface area (Å²) < 4.78 is 0. The number of aromatic nitrogens is 2. The molecule has 0 amide bonds. The van der Waals surface area contributed by atoms with Gasteiger partial charge in [-0.2, -0.15) is 0 Å². The van der Waals surface area contributed by atoms with E-state index in [1.54, 1.807) is 6.07 Å². The first-order valence-electron chi connectivity index (χ1n) is 7.03. The molecule has 1 unspecified atom stereocenters. The molecule has 0 aliphatic heterocycles. The van der Waals surface area contributed by atoms with Crippen molar-refractivity contribution in [3.05, 3.63) is 76.4 Å². The minimum Gasteiger partial charge on any atom is -0.305 e. The third-order valence-corrected chi connectivity index (χ3v) is 3.99. The fourth-order valence-corrected chi connectivity index (χ4v) is 2.76. The summed E-state index contributed by atoms with van der Waals surface area (Å²) in [6.45, 7) is 0. The SMILES string of the molecule is Clc1cc(NNC2C=CC=CC2=CBr)nc(-c2ccccc2)n1. The fraction of sp³-hybridized carbons (Fsp3) is 0.0588. The molecule has 1 aliphatic carbocycles. The molecule has 0 saturated heterocycles. The van der Waals surface area contributed by atoms with Crippen LogP contribution < -0.4 is 10.9 Å². The van der Waals surface area contributed by atoms with Crippen LogP contribution in [-0.4, -0.2) is 16.0 Å². The summed E-state index contributed by atoms with van der Waals surface area (Å²) in [5, 5.41) is 0.387. The second-order valence-electron chi connectivity index (χ2n) is 4.87. The summed E-state index contributed by atoms with van der Waals surface area (Å²) in [4.78, 5) is 10.7. The summed E-state index contributed by atoms with van der Waals surface area (Å²) in [6.07, 6.45) is 8.04. The Morgan fingerprint density at radius 2 is 1.96 bits per heavy atom. The Kier molecular flexibility index (Phi) is 5.23. The zero-order valence-corrected chi connectivity index (χ0v) is 14.4. The number of nitrogens with one attached hydrogen (secondary N) is 2. The highest BCUT2D eigenvalue weighted by Gasteiger charge is 2.11. The van der Waals surface area contributed by atoms with Crippen LogP contribution in [0.2, 0.25) is 5.15 Å². The lowest BCUT2D eigenvalue weighted by Gasteiger charge is -2.19. The largest absolute Gasteiger partial charge is 0.305 e. The highest BCUT2D eigenvalue weighted by Crippen LogP contribution is 2.20. The van der Waals surface area contributed by atoms with E-state index in [1.807, 2.05) is 59.6 Å². The van der Waals surface area contributed by atoms with Gasteiger partial charge in [-0.25, -0.2) is 15.4 Å². The van der Waals surface area contributed by atoms with Crippen LogP contribution in [0, 0.1) is 0 Å². The lowest BCUT2D eigenvalue weighted by Crippen LogP contribution is -2.34. The summed E-state index contributed by atoms with van der Waals surface area (Å²) >= 11 is 9.48. The van der Waals surface area contributed by atoms with Gasteiger partial charge >= 0.3 is 0 Å². The molecule has 4 nitrogen and oxygen atoms in total. The van der Waals surface area contributed by atoms with E-state index in [2.05, 4.69) is 36.7 Å². The number of rotatable bonds is 4. The lowest BCUT2D eigenvalue weighted by atomic mass is 10.1. The average Bonchev–Trinajstić information content (AvgIpc) is 2.60. The van der Waals surface area contributed by atoms with Crippen molar-refractivity contribution in [1.82, 2.24) is 15.4 Å². The monoisotopic (exact) mass is 388 g/mol. The normalized spacial score (nSPS) is 18.3.